The molecule has 0 aliphatic heterocycles. The Morgan fingerprint density at radius 2 is 1.93 bits per heavy atom. The largest absolute Gasteiger partial charge is 0.493 e. The normalized spacial score (nSPS) is 10.4. The first-order valence-corrected chi connectivity index (χ1v) is 8.39. The maximum Gasteiger partial charge on any atom is 0.274 e. The van der Waals surface area contributed by atoms with E-state index in [0.29, 0.717) is 28.5 Å². The lowest BCUT2D eigenvalue weighted by atomic mass is 10.2. The molecule has 0 aliphatic carbocycles. The SMILES string of the molecule is COc1ccc(C(=O)Nc2cn(C)nc2C(=O)NCc2ccco2)cc1OC. The van der Waals surface area contributed by atoms with E-state index >= 15 is 0 Å². The second kappa shape index (κ2) is 8.30. The van der Waals surface area contributed by atoms with Gasteiger partial charge in [0.15, 0.2) is 17.2 Å². The summed E-state index contributed by atoms with van der Waals surface area (Å²) in [4.78, 5) is 25.1. The van der Waals surface area contributed by atoms with E-state index < -0.39 is 11.8 Å². The number of aryl methyl sites for hydroxylation is 1. The summed E-state index contributed by atoms with van der Waals surface area (Å²) in [5, 5.41) is 9.55. The van der Waals surface area contributed by atoms with Gasteiger partial charge in [0.05, 0.1) is 32.7 Å². The van der Waals surface area contributed by atoms with Crippen molar-refractivity contribution in [2.24, 2.45) is 7.05 Å². The second-order valence-electron chi connectivity index (χ2n) is 5.85. The number of furan rings is 1. The van der Waals surface area contributed by atoms with Gasteiger partial charge in [0.2, 0.25) is 0 Å². The number of carbonyl (C=O) groups excluding carboxylic acids is 2. The zero-order valence-corrected chi connectivity index (χ0v) is 15.7. The Morgan fingerprint density at radius 1 is 1.14 bits per heavy atom. The highest BCUT2D eigenvalue weighted by atomic mass is 16.5. The first kappa shape index (κ1) is 19.0. The molecule has 2 aromatic heterocycles. The van der Waals surface area contributed by atoms with E-state index in [1.165, 1.54) is 25.2 Å². The van der Waals surface area contributed by atoms with Gasteiger partial charge in [0, 0.05) is 18.8 Å². The lowest BCUT2D eigenvalue weighted by Gasteiger charge is -2.10. The molecule has 28 heavy (non-hydrogen) atoms. The predicted molar refractivity (Wildman–Crippen MR) is 101 cm³/mol. The zero-order valence-electron chi connectivity index (χ0n) is 15.7. The van der Waals surface area contributed by atoms with Crippen LogP contribution in [0.25, 0.3) is 0 Å². The molecule has 0 unspecified atom stereocenters. The number of carbonyl (C=O) groups is 2. The number of nitrogens with zero attached hydrogens (tertiary/aromatic N) is 2. The number of methoxy groups -OCH3 is 2. The second-order valence-corrected chi connectivity index (χ2v) is 5.85. The minimum Gasteiger partial charge on any atom is -0.493 e. The number of nitrogens with one attached hydrogen (secondary N) is 2. The summed E-state index contributed by atoms with van der Waals surface area (Å²) in [5.41, 5.74) is 0.741. The summed E-state index contributed by atoms with van der Waals surface area (Å²) in [6.07, 6.45) is 3.08. The number of benzene rings is 1. The predicted octanol–water partition coefficient (Wildman–Crippen LogP) is 2.21. The molecule has 1 aromatic carbocycles. The molecule has 0 radical (unpaired) electrons. The van der Waals surface area contributed by atoms with Gasteiger partial charge < -0.3 is 24.5 Å². The van der Waals surface area contributed by atoms with Crippen LogP contribution in [0.3, 0.4) is 0 Å². The Morgan fingerprint density at radius 3 is 2.61 bits per heavy atom. The minimum absolute atomic E-state index is 0.0999. The van der Waals surface area contributed by atoms with E-state index in [1.807, 2.05) is 0 Å². The van der Waals surface area contributed by atoms with Gasteiger partial charge in [0.1, 0.15) is 5.76 Å². The highest BCUT2D eigenvalue weighted by Crippen LogP contribution is 2.28. The average molecular weight is 384 g/mol. The molecule has 2 amide bonds. The molecule has 0 spiro atoms. The topological polar surface area (TPSA) is 108 Å². The van der Waals surface area contributed by atoms with Crippen molar-refractivity contribution in [3.8, 4) is 11.5 Å². The molecule has 3 rings (SSSR count). The van der Waals surface area contributed by atoms with Crippen LogP contribution in [0.15, 0.2) is 47.2 Å². The van der Waals surface area contributed by atoms with Crippen LogP contribution in [0.2, 0.25) is 0 Å². The zero-order chi connectivity index (χ0) is 20.1. The van der Waals surface area contributed by atoms with Crippen molar-refractivity contribution in [3.05, 3.63) is 59.8 Å². The third-order valence-electron chi connectivity index (χ3n) is 3.94. The van der Waals surface area contributed by atoms with Gasteiger partial charge in [-0.15, -0.1) is 0 Å². The molecule has 0 saturated heterocycles. The maximum absolute atomic E-state index is 12.6. The monoisotopic (exact) mass is 384 g/mol. The Hall–Kier alpha value is -3.75. The molecular weight excluding hydrogens is 364 g/mol. The minimum atomic E-state index is -0.431. The molecule has 0 saturated carbocycles. The summed E-state index contributed by atoms with van der Waals surface area (Å²) in [6.45, 7) is 0.214. The standard InChI is InChI=1S/C19H20N4O5/c1-23-11-14(17(22-23)19(25)20-10-13-5-4-8-28-13)21-18(24)12-6-7-15(26-2)16(9-12)27-3/h4-9,11H,10H2,1-3H3,(H,20,25)(H,21,24). The summed E-state index contributed by atoms with van der Waals surface area (Å²) in [5.74, 6) is 0.713. The first-order valence-electron chi connectivity index (χ1n) is 8.39. The van der Waals surface area contributed by atoms with Gasteiger partial charge in [-0.2, -0.15) is 5.10 Å². The summed E-state index contributed by atoms with van der Waals surface area (Å²) in [6, 6.07) is 8.27. The van der Waals surface area contributed by atoms with Crippen LogP contribution in [0.5, 0.6) is 11.5 Å². The molecule has 0 aliphatic rings. The third-order valence-corrected chi connectivity index (χ3v) is 3.94. The number of rotatable bonds is 7. The number of anilines is 1. The van der Waals surface area contributed by atoms with Crippen LogP contribution < -0.4 is 20.1 Å². The highest BCUT2D eigenvalue weighted by molar-refractivity contribution is 6.08. The van der Waals surface area contributed by atoms with E-state index in [4.69, 9.17) is 13.9 Å². The molecule has 3 aromatic rings. The molecule has 0 fully saturated rings. The van der Waals surface area contributed by atoms with Crippen molar-refractivity contribution in [2.45, 2.75) is 6.54 Å². The molecule has 9 heteroatoms. The van der Waals surface area contributed by atoms with E-state index in [1.54, 1.807) is 43.6 Å². The fourth-order valence-corrected chi connectivity index (χ4v) is 2.58. The van der Waals surface area contributed by atoms with Crippen molar-refractivity contribution in [2.75, 3.05) is 19.5 Å². The molecule has 2 heterocycles. The summed E-state index contributed by atoms with van der Waals surface area (Å²) < 4.78 is 17.0. The van der Waals surface area contributed by atoms with Crippen LogP contribution >= 0.6 is 0 Å². The van der Waals surface area contributed by atoms with Crippen LogP contribution in [0.4, 0.5) is 5.69 Å². The van der Waals surface area contributed by atoms with Crippen molar-refractivity contribution in [3.63, 3.8) is 0 Å². The van der Waals surface area contributed by atoms with E-state index in [-0.39, 0.29) is 12.2 Å². The fraction of sp³-hybridized carbons (Fsp3) is 0.211. The van der Waals surface area contributed by atoms with Crippen molar-refractivity contribution >= 4 is 17.5 Å². The van der Waals surface area contributed by atoms with Gasteiger partial charge in [-0.05, 0) is 30.3 Å². The highest BCUT2D eigenvalue weighted by Gasteiger charge is 2.19. The van der Waals surface area contributed by atoms with E-state index in [0.717, 1.165) is 0 Å². The van der Waals surface area contributed by atoms with Crippen LogP contribution in [-0.4, -0.2) is 35.8 Å². The Labute approximate surface area is 161 Å². The number of ether oxygens (including phenoxy) is 2. The van der Waals surface area contributed by atoms with Gasteiger partial charge in [0.25, 0.3) is 11.8 Å². The Bertz CT molecular complexity index is 978. The van der Waals surface area contributed by atoms with E-state index in [9.17, 15) is 9.59 Å². The molecule has 2 N–H and O–H groups in total. The number of aromatic nitrogens is 2. The summed E-state index contributed by atoms with van der Waals surface area (Å²) in [7, 11) is 4.67. The van der Waals surface area contributed by atoms with Crippen molar-refractivity contribution in [1.82, 2.24) is 15.1 Å². The molecule has 146 valence electrons. The Balaban J connectivity index is 1.75. The van der Waals surface area contributed by atoms with Crippen molar-refractivity contribution < 1.29 is 23.5 Å². The first-order chi connectivity index (χ1) is 13.5. The molecule has 0 atom stereocenters. The van der Waals surface area contributed by atoms with Gasteiger partial charge in [-0.3, -0.25) is 14.3 Å². The molecular formula is C19H20N4O5. The maximum atomic E-state index is 12.6. The number of hydrogen-bond acceptors (Lipinski definition) is 6. The number of amides is 2. The molecule has 9 nitrogen and oxygen atoms in total. The van der Waals surface area contributed by atoms with Gasteiger partial charge in [-0.1, -0.05) is 0 Å². The van der Waals surface area contributed by atoms with Crippen LogP contribution in [0, 0.1) is 0 Å². The third kappa shape index (κ3) is 4.14. The fourth-order valence-electron chi connectivity index (χ4n) is 2.58. The van der Waals surface area contributed by atoms with Crippen molar-refractivity contribution in [1.29, 1.82) is 0 Å². The van der Waals surface area contributed by atoms with Gasteiger partial charge in [-0.25, -0.2) is 0 Å². The van der Waals surface area contributed by atoms with Crippen LogP contribution in [-0.2, 0) is 13.6 Å². The lowest BCUT2D eigenvalue weighted by Crippen LogP contribution is -2.25. The quantitative estimate of drug-likeness (QED) is 0.647. The van der Waals surface area contributed by atoms with E-state index in [2.05, 4.69) is 15.7 Å². The smallest absolute Gasteiger partial charge is 0.274 e. The average Bonchev–Trinajstić information content (AvgIpc) is 3.35. The summed E-state index contributed by atoms with van der Waals surface area (Å²) >= 11 is 0. The van der Waals surface area contributed by atoms with Gasteiger partial charge >= 0.3 is 0 Å². The number of hydrogen-bond donors (Lipinski definition) is 2. The lowest BCUT2D eigenvalue weighted by molar-refractivity contribution is 0.0943. The van der Waals surface area contributed by atoms with Crippen LogP contribution in [0.1, 0.15) is 26.6 Å². The molecule has 0 bridgehead atoms. The Kier molecular flexibility index (Phi) is 5.64.